The van der Waals surface area contributed by atoms with E-state index in [4.69, 9.17) is 14.3 Å². The summed E-state index contributed by atoms with van der Waals surface area (Å²) in [4.78, 5) is 28.0. The third kappa shape index (κ3) is 7.11. The zero-order valence-corrected chi connectivity index (χ0v) is 12.2. The van der Waals surface area contributed by atoms with E-state index in [-0.39, 0.29) is 6.54 Å². The summed E-state index contributed by atoms with van der Waals surface area (Å²) in [5.74, 6) is -1.71. The molecule has 0 aromatic rings. The SMILES string of the molecule is CCN(OC(C)(C)OC(C)=O)C(=O)OC(C)(C)C. The van der Waals surface area contributed by atoms with Gasteiger partial charge in [0.2, 0.25) is 5.79 Å². The highest BCUT2D eigenvalue weighted by molar-refractivity contribution is 5.67. The lowest BCUT2D eigenvalue weighted by atomic mass is 10.2. The van der Waals surface area contributed by atoms with Crippen LogP contribution in [-0.4, -0.2) is 35.1 Å². The second-order valence-electron chi connectivity index (χ2n) is 5.26. The summed E-state index contributed by atoms with van der Waals surface area (Å²) in [7, 11) is 0. The average Bonchev–Trinajstić information content (AvgIpc) is 2.08. The lowest BCUT2D eigenvalue weighted by molar-refractivity contribution is -0.302. The standard InChI is InChI=1S/C12H23NO5/c1-8-13(10(15)17-11(3,4)5)18-12(6,7)16-9(2)14/h8H2,1-7H3. The molecule has 0 aromatic heterocycles. The molecule has 0 aromatic carbocycles. The zero-order chi connectivity index (χ0) is 14.6. The maximum absolute atomic E-state index is 11.8. The van der Waals surface area contributed by atoms with Crippen LogP contribution in [0.3, 0.4) is 0 Å². The van der Waals surface area contributed by atoms with E-state index in [9.17, 15) is 9.59 Å². The van der Waals surface area contributed by atoms with E-state index in [1.165, 1.54) is 6.92 Å². The molecule has 18 heavy (non-hydrogen) atoms. The van der Waals surface area contributed by atoms with Crippen molar-refractivity contribution in [2.24, 2.45) is 0 Å². The highest BCUT2D eigenvalue weighted by atomic mass is 16.8. The molecule has 0 aliphatic heterocycles. The van der Waals surface area contributed by atoms with Crippen LogP contribution in [0, 0.1) is 0 Å². The minimum absolute atomic E-state index is 0.277. The molecule has 0 radical (unpaired) electrons. The van der Waals surface area contributed by atoms with Crippen LogP contribution in [0.2, 0.25) is 0 Å². The summed E-state index contributed by atoms with van der Waals surface area (Å²) in [5, 5.41) is 1.02. The number of esters is 1. The van der Waals surface area contributed by atoms with E-state index < -0.39 is 23.5 Å². The number of rotatable bonds is 4. The first-order valence-electron chi connectivity index (χ1n) is 5.86. The van der Waals surface area contributed by atoms with E-state index >= 15 is 0 Å². The van der Waals surface area contributed by atoms with Gasteiger partial charge in [0.1, 0.15) is 5.60 Å². The highest BCUT2D eigenvalue weighted by Gasteiger charge is 2.30. The van der Waals surface area contributed by atoms with Gasteiger partial charge in [-0.05, 0) is 27.7 Å². The first-order chi connectivity index (χ1) is 7.97. The van der Waals surface area contributed by atoms with Crippen LogP contribution in [0.5, 0.6) is 0 Å². The summed E-state index contributed by atoms with van der Waals surface area (Å²) in [6.45, 7) is 11.6. The molecule has 0 aliphatic carbocycles. The number of hydrogen-bond donors (Lipinski definition) is 0. The molecule has 0 spiro atoms. The molecular weight excluding hydrogens is 238 g/mol. The van der Waals surface area contributed by atoms with Crippen LogP contribution >= 0.6 is 0 Å². The van der Waals surface area contributed by atoms with Crippen molar-refractivity contribution >= 4 is 12.1 Å². The number of amides is 1. The Balaban J connectivity index is 4.60. The number of hydroxylamine groups is 2. The number of hydrogen-bond acceptors (Lipinski definition) is 5. The molecule has 0 saturated heterocycles. The smallest absolute Gasteiger partial charge is 0.434 e. The molecule has 0 fully saturated rings. The summed E-state index contributed by atoms with van der Waals surface area (Å²) in [5.41, 5.74) is -0.612. The van der Waals surface area contributed by atoms with E-state index in [1.807, 2.05) is 0 Å². The van der Waals surface area contributed by atoms with Gasteiger partial charge in [0.15, 0.2) is 0 Å². The quantitative estimate of drug-likeness (QED) is 0.442. The maximum Gasteiger partial charge on any atom is 0.434 e. The van der Waals surface area contributed by atoms with Gasteiger partial charge in [-0.2, -0.15) is 5.06 Å². The zero-order valence-electron chi connectivity index (χ0n) is 12.2. The topological polar surface area (TPSA) is 65.1 Å². The Hall–Kier alpha value is -1.30. The van der Waals surface area contributed by atoms with Gasteiger partial charge < -0.3 is 9.47 Å². The van der Waals surface area contributed by atoms with Crippen molar-refractivity contribution < 1.29 is 23.9 Å². The summed E-state index contributed by atoms with van der Waals surface area (Å²) < 4.78 is 10.1. The van der Waals surface area contributed by atoms with E-state index in [0.29, 0.717) is 0 Å². The normalized spacial score (nSPS) is 11.9. The van der Waals surface area contributed by atoms with Crippen LogP contribution < -0.4 is 0 Å². The van der Waals surface area contributed by atoms with Crippen molar-refractivity contribution in [1.82, 2.24) is 5.06 Å². The monoisotopic (exact) mass is 261 g/mol. The third-order valence-corrected chi connectivity index (χ3v) is 1.60. The number of ether oxygens (including phenoxy) is 2. The van der Waals surface area contributed by atoms with E-state index in [0.717, 1.165) is 5.06 Å². The molecule has 6 heteroatoms. The molecule has 0 heterocycles. The van der Waals surface area contributed by atoms with Gasteiger partial charge in [-0.25, -0.2) is 9.63 Å². The van der Waals surface area contributed by atoms with Gasteiger partial charge in [0.05, 0.1) is 0 Å². The first-order valence-corrected chi connectivity index (χ1v) is 5.86. The van der Waals surface area contributed by atoms with Crippen molar-refractivity contribution in [2.45, 2.75) is 59.9 Å². The minimum Gasteiger partial charge on any atom is -0.442 e. The van der Waals surface area contributed by atoms with Crippen molar-refractivity contribution in [2.75, 3.05) is 6.54 Å². The van der Waals surface area contributed by atoms with Crippen LogP contribution in [0.1, 0.15) is 48.5 Å². The number of carbonyl (C=O) groups is 2. The van der Waals surface area contributed by atoms with Crippen LogP contribution in [0.25, 0.3) is 0 Å². The Morgan fingerprint density at radius 1 is 1.06 bits per heavy atom. The van der Waals surface area contributed by atoms with E-state index in [2.05, 4.69) is 0 Å². The summed E-state index contributed by atoms with van der Waals surface area (Å²) in [6.07, 6.45) is -0.620. The number of carbonyl (C=O) groups excluding carboxylic acids is 2. The van der Waals surface area contributed by atoms with Crippen LogP contribution in [0.4, 0.5) is 4.79 Å². The fourth-order valence-corrected chi connectivity index (χ4v) is 1.17. The fourth-order valence-electron chi connectivity index (χ4n) is 1.17. The molecule has 6 nitrogen and oxygen atoms in total. The second kappa shape index (κ2) is 6.04. The van der Waals surface area contributed by atoms with Gasteiger partial charge in [-0.1, -0.05) is 0 Å². The average molecular weight is 261 g/mol. The third-order valence-electron chi connectivity index (χ3n) is 1.60. The molecular formula is C12H23NO5. The Morgan fingerprint density at radius 2 is 1.56 bits per heavy atom. The summed E-state index contributed by atoms with van der Waals surface area (Å²) in [6, 6.07) is 0. The van der Waals surface area contributed by atoms with Crippen molar-refractivity contribution in [3.8, 4) is 0 Å². The molecule has 0 unspecified atom stereocenters. The first kappa shape index (κ1) is 16.7. The molecule has 0 atom stereocenters. The van der Waals surface area contributed by atoms with Crippen LogP contribution in [0.15, 0.2) is 0 Å². The Labute approximate surface area is 108 Å². The summed E-state index contributed by atoms with van der Waals surface area (Å²) >= 11 is 0. The molecule has 0 bridgehead atoms. The molecule has 0 aliphatic rings. The Bertz CT molecular complexity index is 306. The largest absolute Gasteiger partial charge is 0.442 e. The molecule has 0 N–H and O–H groups in total. The second-order valence-corrected chi connectivity index (χ2v) is 5.26. The van der Waals surface area contributed by atoms with Crippen LogP contribution in [-0.2, 0) is 19.1 Å². The maximum atomic E-state index is 11.8. The van der Waals surface area contributed by atoms with Crippen molar-refractivity contribution in [3.05, 3.63) is 0 Å². The van der Waals surface area contributed by atoms with E-state index in [1.54, 1.807) is 41.5 Å². The lowest BCUT2D eigenvalue weighted by Gasteiger charge is -2.32. The molecule has 106 valence electrons. The molecule has 0 rings (SSSR count). The Kier molecular flexibility index (Phi) is 5.60. The Morgan fingerprint density at radius 3 is 1.89 bits per heavy atom. The predicted octanol–water partition coefficient (Wildman–Crippen LogP) is 2.47. The van der Waals surface area contributed by atoms with Gasteiger partial charge in [0, 0.05) is 27.3 Å². The van der Waals surface area contributed by atoms with Gasteiger partial charge in [-0.15, -0.1) is 0 Å². The number of nitrogens with zero attached hydrogens (tertiary/aromatic N) is 1. The minimum atomic E-state index is -1.22. The molecule has 0 saturated carbocycles. The molecule has 1 amide bonds. The van der Waals surface area contributed by atoms with Gasteiger partial charge in [0.25, 0.3) is 0 Å². The lowest BCUT2D eigenvalue weighted by Crippen LogP contribution is -2.44. The van der Waals surface area contributed by atoms with Crippen molar-refractivity contribution in [3.63, 3.8) is 0 Å². The van der Waals surface area contributed by atoms with Gasteiger partial charge >= 0.3 is 12.1 Å². The van der Waals surface area contributed by atoms with Gasteiger partial charge in [-0.3, -0.25) is 4.79 Å². The predicted molar refractivity (Wildman–Crippen MR) is 65.5 cm³/mol. The van der Waals surface area contributed by atoms with Crippen molar-refractivity contribution in [1.29, 1.82) is 0 Å². The fraction of sp³-hybridized carbons (Fsp3) is 0.833. The highest BCUT2D eigenvalue weighted by Crippen LogP contribution is 2.17.